The van der Waals surface area contributed by atoms with Crippen LogP contribution in [0.1, 0.15) is 25.8 Å². The van der Waals surface area contributed by atoms with Crippen molar-refractivity contribution in [2.75, 3.05) is 5.32 Å². The molecular weight excluding hydrogens is 206 g/mol. The van der Waals surface area contributed by atoms with Crippen molar-refractivity contribution in [2.24, 2.45) is 5.92 Å². The molecule has 1 rings (SSSR count). The summed E-state index contributed by atoms with van der Waals surface area (Å²) in [5.41, 5.74) is 0.285. The summed E-state index contributed by atoms with van der Waals surface area (Å²) in [5, 5.41) is 12.2. The summed E-state index contributed by atoms with van der Waals surface area (Å²) in [4.78, 5) is 22.0. The van der Waals surface area contributed by atoms with Gasteiger partial charge < -0.3 is 10.4 Å². The Morgan fingerprint density at radius 2 is 2.25 bits per heavy atom. The van der Waals surface area contributed by atoms with Crippen LogP contribution in [-0.2, 0) is 9.59 Å². The minimum absolute atomic E-state index is 0.0435. The molecule has 4 heteroatoms. The van der Waals surface area contributed by atoms with Crippen LogP contribution in [0.4, 0.5) is 5.69 Å². The van der Waals surface area contributed by atoms with Crippen LogP contribution in [0.25, 0.3) is 0 Å². The Balaban J connectivity index is 2.89. The van der Waals surface area contributed by atoms with Gasteiger partial charge in [0, 0.05) is 5.92 Å². The Labute approximate surface area is 94.3 Å². The summed E-state index contributed by atoms with van der Waals surface area (Å²) in [7, 11) is 0. The third-order valence-corrected chi connectivity index (χ3v) is 2.46. The number of hydrogen-bond acceptors (Lipinski definition) is 3. The van der Waals surface area contributed by atoms with E-state index < -0.39 is 0 Å². The van der Waals surface area contributed by atoms with Gasteiger partial charge in [0.25, 0.3) is 0 Å². The highest BCUT2D eigenvalue weighted by Gasteiger charge is 2.14. The lowest BCUT2D eigenvalue weighted by Gasteiger charge is -2.11. The molecule has 2 N–H and O–H groups in total. The first-order valence-corrected chi connectivity index (χ1v) is 5.11. The second-order valence-corrected chi connectivity index (χ2v) is 3.60. The highest BCUT2D eigenvalue weighted by Crippen LogP contribution is 2.26. The van der Waals surface area contributed by atoms with E-state index in [1.807, 2.05) is 6.92 Å². The molecule has 4 nitrogen and oxygen atoms in total. The number of aromatic hydroxyl groups is 1. The van der Waals surface area contributed by atoms with Crippen molar-refractivity contribution in [3.05, 3.63) is 23.8 Å². The van der Waals surface area contributed by atoms with E-state index in [2.05, 4.69) is 5.32 Å². The first-order chi connectivity index (χ1) is 7.60. The van der Waals surface area contributed by atoms with E-state index in [0.717, 1.165) is 0 Å². The topological polar surface area (TPSA) is 66.4 Å². The largest absolute Gasteiger partial charge is 0.505 e. The van der Waals surface area contributed by atoms with Crippen LogP contribution in [-0.4, -0.2) is 17.3 Å². The van der Waals surface area contributed by atoms with Crippen LogP contribution in [0.5, 0.6) is 5.75 Å². The molecular formula is C12H14NO3. The monoisotopic (exact) mass is 220 g/mol. The van der Waals surface area contributed by atoms with Gasteiger partial charge in [0.15, 0.2) is 0 Å². The van der Waals surface area contributed by atoms with Crippen LogP contribution in [0.3, 0.4) is 0 Å². The standard InChI is InChI=1S/C12H14NO3/c1-3-8(2)12(16)13-10-6-4-5-9(7-14)11(10)15/h4-6,8,15H,3H2,1-2H3,(H,13,16). The van der Waals surface area contributed by atoms with Gasteiger partial charge in [-0.25, -0.2) is 0 Å². The molecule has 0 aromatic heterocycles. The number of phenolic OH excluding ortho intramolecular Hbond substituents is 1. The molecule has 1 atom stereocenters. The second kappa shape index (κ2) is 5.30. The second-order valence-electron chi connectivity index (χ2n) is 3.60. The number of carbonyl (C=O) groups excluding carboxylic acids is 2. The Morgan fingerprint density at radius 1 is 1.56 bits per heavy atom. The summed E-state index contributed by atoms with van der Waals surface area (Å²) in [5.74, 6) is -0.557. The molecule has 0 aliphatic rings. The van der Waals surface area contributed by atoms with Crippen molar-refractivity contribution in [2.45, 2.75) is 20.3 Å². The number of nitrogens with one attached hydrogen (secondary N) is 1. The number of carbonyl (C=O) groups is 1. The fourth-order valence-corrected chi connectivity index (χ4v) is 1.17. The fraction of sp³-hybridized carbons (Fsp3) is 0.333. The van der Waals surface area contributed by atoms with Crippen molar-refractivity contribution in [1.29, 1.82) is 0 Å². The predicted molar refractivity (Wildman–Crippen MR) is 61.0 cm³/mol. The van der Waals surface area contributed by atoms with Crippen molar-refractivity contribution >= 4 is 17.9 Å². The van der Waals surface area contributed by atoms with Crippen LogP contribution < -0.4 is 5.32 Å². The molecule has 1 radical (unpaired) electrons. The predicted octanol–water partition coefficient (Wildman–Crippen LogP) is 1.83. The van der Waals surface area contributed by atoms with Crippen LogP contribution >= 0.6 is 0 Å². The van der Waals surface area contributed by atoms with Crippen molar-refractivity contribution < 1.29 is 14.7 Å². The van der Waals surface area contributed by atoms with Crippen molar-refractivity contribution in [3.63, 3.8) is 0 Å². The third kappa shape index (κ3) is 2.59. The summed E-state index contributed by atoms with van der Waals surface area (Å²) < 4.78 is 0. The number of rotatable bonds is 4. The molecule has 0 aliphatic carbocycles. The van der Waals surface area contributed by atoms with Gasteiger partial charge >= 0.3 is 0 Å². The minimum Gasteiger partial charge on any atom is -0.505 e. The number of phenols is 1. The zero-order valence-electron chi connectivity index (χ0n) is 9.28. The molecule has 16 heavy (non-hydrogen) atoms. The molecule has 1 aromatic carbocycles. The van der Waals surface area contributed by atoms with E-state index in [4.69, 9.17) is 0 Å². The molecule has 1 amide bonds. The lowest BCUT2D eigenvalue weighted by molar-refractivity contribution is -0.119. The van der Waals surface area contributed by atoms with Gasteiger partial charge in [-0.2, -0.15) is 0 Å². The maximum absolute atomic E-state index is 11.6. The van der Waals surface area contributed by atoms with Crippen LogP contribution in [0.15, 0.2) is 18.2 Å². The normalized spacial score (nSPS) is 11.9. The van der Waals surface area contributed by atoms with E-state index in [1.165, 1.54) is 12.1 Å². The lowest BCUT2D eigenvalue weighted by Crippen LogP contribution is -2.19. The highest BCUT2D eigenvalue weighted by atomic mass is 16.3. The number of hydrogen-bond donors (Lipinski definition) is 2. The summed E-state index contributed by atoms with van der Waals surface area (Å²) in [6, 6.07) is 4.55. The molecule has 0 heterocycles. The summed E-state index contributed by atoms with van der Waals surface area (Å²) >= 11 is 0. The van der Waals surface area contributed by atoms with Gasteiger partial charge in [-0.1, -0.05) is 19.9 Å². The fourth-order valence-electron chi connectivity index (χ4n) is 1.17. The summed E-state index contributed by atoms with van der Waals surface area (Å²) in [6.07, 6.45) is 2.32. The van der Waals surface area contributed by atoms with E-state index in [0.29, 0.717) is 6.42 Å². The smallest absolute Gasteiger partial charge is 0.237 e. The third-order valence-electron chi connectivity index (χ3n) is 2.46. The molecule has 0 aliphatic heterocycles. The summed E-state index contributed by atoms with van der Waals surface area (Å²) in [6.45, 7) is 3.70. The number of benzene rings is 1. The minimum atomic E-state index is -0.242. The Morgan fingerprint density at radius 3 is 2.81 bits per heavy atom. The molecule has 0 saturated heterocycles. The number of para-hydroxylation sites is 1. The van der Waals surface area contributed by atoms with Gasteiger partial charge in [0.2, 0.25) is 12.2 Å². The first kappa shape index (κ1) is 12.2. The maximum atomic E-state index is 11.6. The molecule has 0 bridgehead atoms. The van der Waals surface area contributed by atoms with E-state index in [9.17, 15) is 14.7 Å². The van der Waals surface area contributed by atoms with Gasteiger partial charge in [0.1, 0.15) is 5.75 Å². The first-order valence-electron chi connectivity index (χ1n) is 5.11. The number of amides is 1. The van der Waals surface area contributed by atoms with Gasteiger partial charge in [-0.3, -0.25) is 9.59 Å². The van der Waals surface area contributed by atoms with Crippen LogP contribution in [0, 0.1) is 5.92 Å². The Bertz CT molecular complexity index is 401. The Hall–Kier alpha value is -1.84. The number of anilines is 1. The molecule has 1 unspecified atom stereocenters. The van der Waals surface area contributed by atoms with E-state index >= 15 is 0 Å². The zero-order chi connectivity index (χ0) is 12.1. The maximum Gasteiger partial charge on any atom is 0.237 e. The van der Waals surface area contributed by atoms with Crippen molar-refractivity contribution in [1.82, 2.24) is 0 Å². The SMILES string of the molecule is CCC(C)C(=O)Nc1cccc([C]=O)c1O. The molecule has 1 aromatic rings. The lowest BCUT2D eigenvalue weighted by atomic mass is 10.1. The molecule has 85 valence electrons. The van der Waals surface area contributed by atoms with Gasteiger partial charge in [0.05, 0.1) is 11.3 Å². The average molecular weight is 220 g/mol. The van der Waals surface area contributed by atoms with Gasteiger partial charge in [-0.05, 0) is 18.6 Å². The molecule has 0 saturated carbocycles. The van der Waals surface area contributed by atoms with E-state index in [-0.39, 0.29) is 28.8 Å². The molecule has 0 spiro atoms. The van der Waals surface area contributed by atoms with Gasteiger partial charge in [-0.15, -0.1) is 0 Å². The Kier molecular flexibility index (Phi) is 4.05. The van der Waals surface area contributed by atoms with E-state index in [1.54, 1.807) is 19.3 Å². The molecule has 0 fully saturated rings. The van der Waals surface area contributed by atoms with Crippen LogP contribution in [0.2, 0.25) is 0 Å². The van der Waals surface area contributed by atoms with Crippen molar-refractivity contribution in [3.8, 4) is 5.75 Å². The zero-order valence-corrected chi connectivity index (χ0v) is 9.28. The average Bonchev–Trinajstić information content (AvgIpc) is 2.30. The quantitative estimate of drug-likeness (QED) is 0.761. The highest BCUT2D eigenvalue weighted by molar-refractivity contribution is 5.95.